The van der Waals surface area contributed by atoms with Crippen LogP contribution in [0, 0.1) is 0 Å². The van der Waals surface area contributed by atoms with Gasteiger partial charge in [-0.05, 0) is 65.7 Å². The number of anilines is 1. The topological polar surface area (TPSA) is 41.9 Å². The molecule has 0 saturated heterocycles. The van der Waals surface area contributed by atoms with E-state index in [1.54, 1.807) is 0 Å². The van der Waals surface area contributed by atoms with Gasteiger partial charge in [-0.1, -0.05) is 60.7 Å². The molecule has 0 saturated carbocycles. The average molecular weight is 568 g/mol. The lowest BCUT2D eigenvalue weighted by molar-refractivity contribution is 0.669. The summed E-state index contributed by atoms with van der Waals surface area (Å²) in [7, 11) is 0. The van der Waals surface area contributed by atoms with Crippen molar-refractivity contribution in [3.8, 4) is 11.1 Å². The van der Waals surface area contributed by atoms with Crippen LogP contribution in [0.5, 0.6) is 0 Å². The van der Waals surface area contributed by atoms with Crippen molar-refractivity contribution in [1.82, 2.24) is 4.40 Å². The molecule has 0 fully saturated rings. The second kappa shape index (κ2) is 7.71. The summed E-state index contributed by atoms with van der Waals surface area (Å²) in [5, 5.41) is 12.5. The molecular formula is C38H21N3OS. The van der Waals surface area contributed by atoms with Crippen molar-refractivity contribution < 1.29 is 4.42 Å². The van der Waals surface area contributed by atoms with Gasteiger partial charge in [-0.2, -0.15) is 0 Å². The van der Waals surface area contributed by atoms with Crippen LogP contribution in [0.4, 0.5) is 11.5 Å². The van der Waals surface area contributed by atoms with Crippen molar-refractivity contribution in [2.75, 3.05) is 5.32 Å². The number of thiophene rings is 1. The number of nitrogens with one attached hydrogen (secondary N) is 1. The lowest BCUT2D eigenvalue weighted by Crippen LogP contribution is -2.30. The van der Waals surface area contributed by atoms with Crippen LogP contribution in [0.2, 0.25) is 0 Å². The molecule has 5 heterocycles. The zero-order valence-electron chi connectivity index (χ0n) is 22.8. The minimum atomic E-state index is 0.0647. The average Bonchev–Trinajstić information content (AvgIpc) is 3.78. The van der Waals surface area contributed by atoms with Crippen molar-refractivity contribution in [2.24, 2.45) is 4.99 Å². The van der Waals surface area contributed by atoms with Gasteiger partial charge in [0.2, 0.25) is 0 Å². The molecule has 4 nitrogen and oxygen atoms in total. The zero-order chi connectivity index (χ0) is 27.8. The Hall–Kier alpha value is -5.39. The fraction of sp³-hybridized carbons (Fsp3) is 0.0263. The van der Waals surface area contributed by atoms with E-state index >= 15 is 0 Å². The molecule has 1 unspecified atom stereocenters. The Morgan fingerprint density at radius 2 is 1.51 bits per heavy atom. The fourth-order valence-corrected chi connectivity index (χ4v) is 8.48. The highest BCUT2D eigenvalue weighted by molar-refractivity contribution is 7.25. The number of allylic oxidation sites excluding steroid dienone is 2. The summed E-state index contributed by atoms with van der Waals surface area (Å²) < 4.78 is 11.2. The maximum atomic E-state index is 6.15. The number of furan rings is 1. The minimum absolute atomic E-state index is 0.0647. The number of aromatic nitrogens is 1. The fourth-order valence-electron chi connectivity index (χ4n) is 7.36. The smallest absolute Gasteiger partial charge is 0.138 e. The third-order valence-corrected chi connectivity index (χ3v) is 10.4. The SMILES string of the molecule is C1=CC2=Nc3c(n4c5cc6sc7ccccc7c6cc5c5cc(-c6ccc7oc8ccccc8c7c6)cc3c54)NC2C=C1. The predicted octanol–water partition coefficient (Wildman–Crippen LogP) is 10.6. The van der Waals surface area contributed by atoms with Crippen molar-refractivity contribution in [2.45, 2.75) is 6.04 Å². The molecule has 1 N–H and O–H groups in total. The highest BCUT2D eigenvalue weighted by Gasteiger charge is 2.29. The molecule has 0 bridgehead atoms. The van der Waals surface area contributed by atoms with E-state index in [0.29, 0.717) is 0 Å². The van der Waals surface area contributed by atoms with Crippen LogP contribution in [0.15, 0.2) is 125 Å². The first kappa shape index (κ1) is 22.2. The van der Waals surface area contributed by atoms with Gasteiger partial charge in [0.05, 0.1) is 22.8 Å². The van der Waals surface area contributed by atoms with E-state index in [-0.39, 0.29) is 6.04 Å². The standard InChI is InChI=1S/C38H21N3OS/c1-5-11-32-22(7-1)25-15-20(13-14-33(25)42-32)21-16-27-24-18-26-23-8-2-6-12-34(23)43-35(26)19-31(24)41-37(27)28(17-21)36-38(41)40-30-10-4-3-9-29(30)39-36/h1-19,30,40H. The number of para-hydroxylation sites is 1. The van der Waals surface area contributed by atoms with E-state index in [0.717, 1.165) is 39.2 Å². The van der Waals surface area contributed by atoms with Crippen LogP contribution < -0.4 is 5.32 Å². The Kier molecular flexibility index (Phi) is 3.99. The van der Waals surface area contributed by atoms with E-state index < -0.39 is 0 Å². The Bertz CT molecular complexity index is 2770. The van der Waals surface area contributed by atoms with Gasteiger partial charge < -0.3 is 9.73 Å². The molecule has 0 radical (unpaired) electrons. The number of hydrogen-bond donors (Lipinski definition) is 1. The quantitative estimate of drug-likeness (QED) is 0.214. The van der Waals surface area contributed by atoms with Crippen molar-refractivity contribution in [1.29, 1.82) is 0 Å². The van der Waals surface area contributed by atoms with Crippen LogP contribution in [0.3, 0.4) is 0 Å². The lowest BCUT2D eigenvalue weighted by atomic mass is 9.98. The van der Waals surface area contributed by atoms with Gasteiger partial charge in [0.1, 0.15) is 22.7 Å². The van der Waals surface area contributed by atoms with Crippen molar-refractivity contribution in [3.05, 3.63) is 115 Å². The van der Waals surface area contributed by atoms with Gasteiger partial charge in [-0.3, -0.25) is 4.40 Å². The molecule has 1 atom stereocenters. The van der Waals surface area contributed by atoms with Crippen LogP contribution >= 0.6 is 11.3 Å². The molecule has 0 amide bonds. The minimum Gasteiger partial charge on any atom is -0.456 e. The van der Waals surface area contributed by atoms with Crippen LogP contribution in [-0.2, 0) is 0 Å². The molecule has 200 valence electrons. The van der Waals surface area contributed by atoms with Crippen molar-refractivity contribution >= 4 is 97.9 Å². The molecule has 4 aromatic heterocycles. The number of rotatable bonds is 1. The maximum absolute atomic E-state index is 6.15. The molecule has 9 aromatic rings. The summed E-state index contributed by atoms with van der Waals surface area (Å²) in [6.45, 7) is 0. The van der Waals surface area contributed by atoms with Gasteiger partial charge in [0.15, 0.2) is 0 Å². The Morgan fingerprint density at radius 3 is 2.49 bits per heavy atom. The molecular weight excluding hydrogens is 547 g/mol. The third-order valence-electron chi connectivity index (χ3n) is 9.31. The molecule has 11 rings (SSSR count). The molecule has 2 aliphatic rings. The monoisotopic (exact) mass is 567 g/mol. The summed E-state index contributed by atoms with van der Waals surface area (Å²) >= 11 is 1.87. The third kappa shape index (κ3) is 2.82. The lowest BCUT2D eigenvalue weighted by Gasteiger charge is -2.23. The molecule has 5 aromatic carbocycles. The predicted molar refractivity (Wildman–Crippen MR) is 182 cm³/mol. The number of nitrogens with zero attached hydrogens (tertiary/aromatic N) is 2. The molecule has 5 heteroatoms. The maximum Gasteiger partial charge on any atom is 0.138 e. The first-order chi connectivity index (χ1) is 21.3. The largest absolute Gasteiger partial charge is 0.456 e. The number of hydrogen-bond acceptors (Lipinski definition) is 4. The first-order valence-corrected chi connectivity index (χ1v) is 15.4. The first-order valence-electron chi connectivity index (χ1n) is 14.6. The van der Waals surface area contributed by atoms with E-state index in [2.05, 4.69) is 113 Å². The number of aliphatic imine (C=N–C) groups is 1. The molecule has 1 aliphatic heterocycles. The van der Waals surface area contributed by atoms with Gasteiger partial charge in [0, 0.05) is 47.1 Å². The highest BCUT2D eigenvalue weighted by Crippen LogP contribution is 2.50. The summed E-state index contributed by atoms with van der Waals surface area (Å²) in [5.41, 5.74) is 8.69. The van der Waals surface area contributed by atoms with Gasteiger partial charge in [-0.15, -0.1) is 11.3 Å². The van der Waals surface area contributed by atoms with E-state index in [9.17, 15) is 0 Å². The van der Waals surface area contributed by atoms with E-state index in [1.165, 1.54) is 58.5 Å². The van der Waals surface area contributed by atoms with Crippen LogP contribution in [-0.4, -0.2) is 16.2 Å². The molecule has 0 spiro atoms. The highest BCUT2D eigenvalue weighted by atomic mass is 32.1. The number of fused-ring (bicyclic) bond motifs is 13. The van der Waals surface area contributed by atoms with Gasteiger partial charge in [0.25, 0.3) is 0 Å². The van der Waals surface area contributed by atoms with E-state index in [1.807, 2.05) is 23.5 Å². The van der Waals surface area contributed by atoms with Gasteiger partial charge >= 0.3 is 0 Å². The summed E-state index contributed by atoms with van der Waals surface area (Å²) in [5.74, 6) is 1.07. The summed E-state index contributed by atoms with van der Waals surface area (Å²) in [6, 6.07) is 33.2. The second-order valence-corrected chi connectivity index (χ2v) is 12.7. The number of benzene rings is 5. The van der Waals surface area contributed by atoms with Crippen molar-refractivity contribution in [3.63, 3.8) is 0 Å². The summed E-state index contributed by atoms with van der Waals surface area (Å²) in [4.78, 5) is 5.26. The zero-order valence-corrected chi connectivity index (χ0v) is 23.6. The van der Waals surface area contributed by atoms with Crippen LogP contribution in [0.1, 0.15) is 0 Å². The molecule has 43 heavy (non-hydrogen) atoms. The summed E-state index contributed by atoms with van der Waals surface area (Å²) in [6.07, 6.45) is 8.48. The Morgan fingerprint density at radius 1 is 0.674 bits per heavy atom. The Labute approximate surface area is 248 Å². The normalized spacial score (nSPS) is 16.3. The second-order valence-electron chi connectivity index (χ2n) is 11.6. The Balaban J connectivity index is 1.27. The van der Waals surface area contributed by atoms with Crippen LogP contribution in [0.25, 0.3) is 80.4 Å². The van der Waals surface area contributed by atoms with Gasteiger partial charge in [-0.25, -0.2) is 4.99 Å². The molecule has 1 aliphatic carbocycles. The van der Waals surface area contributed by atoms with E-state index in [4.69, 9.17) is 9.41 Å².